The molecule has 39 heavy (non-hydrogen) atoms. The average Bonchev–Trinajstić information content (AvgIpc) is 3.44. The highest BCUT2D eigenvalue weighted by molar-refractivity contribution is 7.13. The van der Waals surface area contributed by atoms with Crippen molar-refractivity contribution in [3.8, 4) is 0 Å². The van der Waals surface area contributed by atoms with E-state index in [4.69, 9.17) is 21.0 Å². The summed E-state index contributed by atoms with van der Waals surface area (Å²) in [7, 11) is 0. The van der Waals surface area contributed by atoms with E-state index in [0.29, 0.717) is 25.1 Å². The summed E-state index contributed by atoms with van der Waals surface area (Å²) >= 11 is 1.03. The molecule has 0 spiro atoms. The number of anilines is 1. The molecule has 3 aliphatic rings. The molecule has 208 valence electrons. The Hall–Kier alpha value is -4.47. The van der Waals surface area contributed by atoms with E-state index >= 15 is 0 Å². The Morgan fingerprint density at radius 2 is 2.13 bits per heavy atom. The van der Waals surface area contributed by atoms with Gasteiger partial charge in [0.1, 0.15) is 24.4 Å². The van der Waals surface area contributed by atoms with Crippen molar-refractivity contribution in [1.29, 1.82) is 0 Å². The minimum Gasteiger partial charge on any atom is -0.489 e. The SMILES string of the molecule is CC(C)CN1CC/C(=C\C2=C(C(=O)O)N3C(=O)[C@@H](NC(=O)/C(=N\OCC(N)=O)c4csc(N)n4)[C@H]3CO2)C1=O. The Kier molecular flexibility index (Phi) is 7.85. The molecule has 0 saturated carbocycles. The third kappa shape index (κ3) is 5.69. The molecule has 0 radical (unpaired) electrons. The molecule has 0 unspecified atom stereocenters. The monoisotopic (exact) mass is 561 g/mol. The number of carboxylic acids is 1. The molecule has 0 aromatic carbocycles. The number of nitrogens with one attached hydrogen (secondary N) is 1. The molecular weight excluding hydrogens is 534 g/mol. The summed E-state index contributed by atoms with van der Waals surface area (Å²) in [5, 5.41) is 17.5. The minimum atomic E-state index is -1.42. The molecule has 0 aliphatic carbocycles. The number of aliphatic carboxylic acids is 1. The molecular formula is C23H27N7O8S. The quantitative estimate of drug-likeness (QED) is 0.115. The van der Waals surface area contributed by atoms with E-state index in [9.17, 15) is 29.1 Å². The second kappa shape index (κ2) is 11.1. The number of carbonyl (C=O) groups excluding carboxylic acids is 4. The number of β-lactam (4-membered cyclic amide) rings is 1. The molecule has 4 heterocycles. The lowest BCUT2D eigenvalue weighted by Gasteiger charge is -2.49. The third-order valence-electron chi connectivity index (χ3n) is 6.04. The number of nitrogens with two attached hydrogens (primary N) is 2. The van der Waals surface area contributed by atoms with Gasteiger partial charge in [-0.25, -0.2) is 9.78 Å². The normalized spacial score (nSPS) is 22.1. The number of amides is 4. The lowest BCUT2D eigenvalue weighted by molar-refractivity contribution is -0.159. The summed E-state index contributed by atoms with van der Waals surface area (Å²) < 4.78 is 5.69. The molecule has 2 saturated heterocycles. The van der Waals surface area contributed by atoms with Crippen molar-refractivity contribution in [2.24, 2.45) is 16.8 Å². The van der Waals surface area contributed by atoms with Crippen molar-refractivity contribution in [2.75, 3.05) is 32.0 Å². The Balaban J connectivity index is 1.52. The fraction of sp³-hybridized carbons (Fsp3) is 0.435. The molecule has 2 fully saturated rings. The Morgan fingerprint density at radius 3 is 2.74 bits per heavy atom. The molecule has 16 heteroatoms. The van der Waals surface area contributed by atoms with Crippen LogP contribution in [0.5, 0.6) is 0 Å². The van der Waals surface area contributed by atoms with Crippen LogP contribution in [0.3, 0.4) is 0 Å². The maximum atomic E-state index is 13.0. The van der Waals surface area contributed by atoms with Gasteiger partial charge in [0.05, 0.1) is 0 Å². The summed E-state index contributed by atoms with van der Waals surface area (Å²) in [6, 6.07) is -1.98. The Morgan fingerprint density at radius 1 is 1.38 bits per heavy atom. The molecule has 4 rings (SSSR count). The number of nitrogens with zero attached hydrogens (tertiary/aromatic N) is 4. The number of likely N-dealkylation sites (tertiary alicyclic amines) is 1. The van der Waals surface area contributed by atoms with Crippen molar-refractivity contribution in [2.45, 2.75) is 32.4 Å². The number of hydrogen-bond acceptors (Lipinski definition) is 11. The maximum absolute atomic E-state index is 13.0. The second-order valence-electron chi connectivity index (χ2n) is 9.37. The van der Waals surface area contributed by atoms with Crippen molar-refractivity contribution < 1.29 is 38.7 Å². The zero-order valence-corrected chi connectivity index (χ0v) is 21.9. The van der Waals surface area contributed by atoms with Gasteiger partial charge in [0.25, 0.3) is 17.7 Å². The lowest BCUT2D eigenvalue weighted by atomic mass is 9.92. The van der Waals surface area contributed by atoms with E-state index < -0.39 is 48.1 Å². The minimum absolute atomic E-state index is 0.0377. The summed E-state index contributed by atoms with van der Waals surface area (Å²) in [6.45, 7) is 4.32. The zero-order valence-electron chi connectivity index (χ0n) is 21.1. The predicted octanol–water partition coefficient (Wildman–Crippen LogP) is -1.23. The summed E-state index contributed by atoms with van der Waals surface area (Å²) in [4.78, 5) is 73.3. The van der Waals surface area contributed by atoms with Crippen LogP contribution in [-0.2, 0) is 33.5 Å². The van der Waals surface area contributed by atoms with E-state index in [1.807, 2.05) is 13.8 Å². The van der Waals surface area contributed by atoms with Gasteiger partial charge in [0.15, 0.2) is 28.9 Å². The summed E-state index contributed by atoms with van der Waals surface area (Å²) in [6.07, 6.45) is 1.79. The number of carbonyl (C=O) groups is 5. The number of primary amides is 1. The Labute approximate surface area is 226 Å². The fourth-order valence-corrected chi connectivity index (χ4v) is 4.92. The van der Waals surface area contributed by atoms with Crippen molar-refractivity contribution in [3.05, 3.63) is 34.2 Å². The van der Waals surface area contributed by atoms with Crippen LogP contribution in [0.1, 0.15) is 26.0 Å². The highest BCUT2D eigenvalue weighted by Gasteiger charge is 2.55. The van der Waals surface area contributed by atoms with Gasteiger partial charge in [-0.2, -0.15) is 0 Å². The molecule has 15 nitrogen and oxygen atoms in total. The van der Waals surface area contributed by atoms with Crippen molar-refractivity contribution in [3.63, 3.8) is 0 Å². The first-order valence-electron chi connectivity index (χ1n) is 11.9. The predicted molar refractivity (Wildman–Crippen MR) is 136 cm³/mol. The standard InChI is InChI=1S/C23H27N7O8S/c1-10(2)6-29-4-3-11(20(29)33)5-14-18(22(35)36)30-13(7-37-14)17(21(30)34)27-19(32)16(28-38-8-15(24)31)12-9-39-23(25)26-12/h5,9-10,13,17H,3-4,6-8H2,1-2H3,(H2,24,31)(H2,25,26)(H,27,32)(H,35,36)/b11-5+,28-16-/t13-,17+/m1/s1. The Bertz CT molecular complexity index is 1320. The van der Waals surface area contributed by atoms with Gasteiger partial charge < -0.3 is 36.4 Å². The fourth-order valence-electron chi connectivity index (χ4n) is 4.38. The van der Waals surface area contributed by atoms with Gasteiger partial charge in [-0.1, -0.05) is 19.0 Å². The lowest BCUT2D eigenvalue weighted by Crippen LogP contribution is -2.73. The molecule has 1 aromatic heterocycles. The maximum Gasteiger partial charge on any atom is 0.356 e. The first-order chi connectivity index (χ1) is 18.5. The molecule has 6 N–H and O–H groups in total. The number of rotatable bonds is 10. The summed E-state index contributed by atoms with van der Waals surface area (Å²) in [5.41, 5.74) is 10.3. The molecule has 3 aliphatic heterocycles. The van der Waals surface area contributed by atoms with Crippen molar-refractivity contribution in [1.82, 2.24) is 20.1 Å². The highest BCUT2D eigenvalue weighted by Crippen LogP contribution is 2.34. The third-order valence-corrected chi connectivity index (χ3v) is 6.71. The largest absolute Gasteiger partial charge is 0.489 e. The number of thiazole rings is 1. The number of oxime groups is 1. The number of hydrogen-bond donors (Lipinski definition) is 4. The molecule has 4 amide bonds. The van der Waals surface area contributed by atoms with Crippen molar-refractivity contribution >= 4 is 51.8 Å². The van der Waals surface area contributed by atoms with Gasteiger partial charge in [-0.15, -0.1) is 11.3 Å². The smallest absolute Gasteiger partial charge is 0.356 e. The molecule has 2 atom stereocenters. The summed E-state index contributed by atoms with van der Waals surface area (Å²) in [5.74, 6) is -3.86. The second-order valence-corrected chi connectivity index (χ2v) is 10.3. The zero-order chi connectivity index (χ0) is 28.4. The number of carboxylic acid groups (broad SMARTS) is 1. The van der Waals surface area contributed by atoms with E-state index in [1.54, 1.807) is 4.90 Å². The van der Waals surface area contributed by atoms with E-state index in [-0.39, 0.29) is 40.7 Å². The van der Waals surface area contributed by atoms with Gasteiger partial charge in [0, 0.05) is 24.0 Å². The highest BCUT2D eigenvalue weighted by atomic mass is 32.1. The average molecular weight is 562 g/mol. The number of ether oxygens (including phenoxy) is 1. The van der Waals surface area contributed by atoms with Crippen LogP contribution in [0, 0.1) is 5.92 Å². The molecule has 1 aromatic rings. The molecule has 0 bridgehead atoms. The number of aromatic nitrogens is 1. The van der Waals surface area contributed by atoms with Gasteiger partial charge >= 0.3 is 5.97 Å². The number of fused-ring (bicyclic) bond motifs is 1. The van der Waals surface area contributed by atoms with E-state index in [0.717, 1.165) is 16.2 Å². The first-order valence-corrected chi connectivity index (χ1v) is 12.8. The first kappa shape index (κ1) is 27.6. The van der Waals surface area contributed by atoms with Crippen LogP contribution in [0.2, 0.25) is 0 Å². The number of nitrogen functional groups attached to an aromatic ring is 1. The van der Waals surface area contributed by atoms with Crippen LogP contribution in [-0.4, -0.2) is 93.6 Å². The van der Waals surface area contributed by atoms with Crippen LogP contribution in [0.15, 0.2) is 33.6 Å². The van der Waals surface area contributed by atoms with E-state index in [1.165, 1.54) is 11.5 Å². The van der Waals surface area contributed by atoms with Gasteiger partial charge in [-0.3, -0.25) is 24.1 Å². The topological polar surface area (TPSA) is 220 Å². The van der Waals surface area contributed by atoms with Crippen LogP contribution in [0.25, 0.3) is 0 Å². The van der Waals surface area contributed by atoms with Gasteiger partial charge in [0.2, 0.25) is 5.91 Å². The van der Waals surface area contributed by atoms with Crippen LogP contribution < -0.4 is 16.8 Å². The number of allylic oxidation sites excluding steroid dienone is 1. The van der Waals surface area contributed by atoms with Crippen LogP contribution >= 0.6 is 11.3 Å². The van der Waals surface area contributed by atoms with Crippen LogP contribution in [0.4, 0.5) is 5.13 Å². The van der Waals surface area contributed by atoms with Gasteiger partial charge in [-0.05, 0) is 18.4 Å². The van der Waals surface area contributed by atoms with E-state index in [2.05, 4.69) is 15.5 Å².